The number of hydrogen-bond donors (Lipinski definition) is 2. The average Bonchev–Trinajstić information content (AvgIpc) is 2.50. The molecule has 2 atom stereocenters. The Balaban J connectivity index is 2.40. The van der Waals surface area contributed by atoms with Crippen molar-refractivity contribution in [1.29, 1.82) is 0 Å². The van der Waals surface area contributed by atoms with E-state index in [4.69, 9.17) is 10.6 Å². The van der Waals surface area contributed by atoms with Gasteiger partial charge in [0, 0.05) is 6.61 Å². The van der Waals surface area contributed by atoms with E-state index in [1.165, 1.54) is 12.1 Å². The molecule has 0 saturated carbocycles. The Morgan fingerprint density at radius 3 is 2.48 bits per heavy atom. The number of ether oxygens (including phenoxy) is 1. The van der Waals surface area contributed by atoms with Crippen LogP contribution in [0.3, 0.4) is 0 Å². The van der Waals surface area contributed by atoms with Crippen molar-refractivity contribution in [3.05, 3.63) is 71.0 Å². The van der Waals surface area contributed by atoms with Crippen LogP contribution in [-0.4, -0.2) is 6.61 Å². The van der Waals surface area contributed by atoms with E-state index in [1.54, 1.807) is 6.07 Å². The minimum absolute atomic E-state index is 0.231. The lowest BCUT2D eigenvalue weighted by molar-refractivity contribution is 0.0325. The normalized spacial score (nSPS) is 13.9. The van der Waals surface area contributed by atoms with Crippen LogP contribution in [0.5, 0.6) is 0 Å². The highest BCUT2D eigenvalue weighted by atomic mass is 19.1. The van der Waals surface area contributed by atoms with Crippen LogP contribution in [0.25, 0.3) is 0 Å². The second kappa shape index (κ2) is 7.31. The lowest BCUT2D eigenvalue weighted by Gasteiger charge is -2.28. The quantitative estimate of drug-likeness (QED) is 0.632. The number of aryl methyl sites for hydroxylation is 1. The van der Waals surface area contributed by atoms with Gasteiger partial charge in [-0.3, -0.25) is 5.84 Å². The topological polar surface area (TPSA) is 47.3 Å². The highest BCUT2D eigenvalue weighted by molar-refractivity contribution is 5.32. The van der Waals surface area contributed by atoms with Crippen LogP contribution < -0.4 is 11.3 Å². The third-order valence-corrected chi connectivity index (χ3v) is 3.52. The summed E-state index contributed by atoms with van der Waals surface area (Å²) in [6.07, 6.45) is -0.231. The third-order valence-electron chi connectivity index (χ3n) is 3.52. The lowest BCUT2D eigenvalue weighted by atomic mass is 9.93. The largest absolute Gasteiger partial charge is 0.372 e. The molecule has 3 nitrogen and oxygen atoms in total. The SMILES string of the molecule is CCOC(c1ccccc1)C(NN)c1ccc(F)cc1C. The lowest BCUT2D eigenvalue weighted by Crippen LogP contribution is -2.34. The zero-order valence-corrected chi connectivity index (χ0v) is 12.3. The van der Waals surface area contributed by atoms with E-state index in [2.05, 4.69) is 5.43 Å². The molecule has 21 heavy (non-hydrogen) atoms. The van der Waals surface area contributed by atoms with Gasteiger partial charge in [-0.05, 0) is 42.7 Å². The summed E-state index contributed by atoms with van der Waals surface area (Å²) in [6.45, 7) is 4.38. The first kappa shape index (κ1) is 15.6. The molecule has 0 aromatic heterocycles. The predicted molar refractivity (Wildman–Crippen MR) is 82.0 cm³/mol. The first-order valence-corrected chi connectivity index (χ1v) is 7.06. The van der Waals surface area contributed by atoms with Crippen LogP contribution in [0.2, 0.25) is 0 Å². The van der Waals surface area contributed by atoms with Crippen LogP contribution in [-0.2, 0) is 4.74 Å². The molecule has 2 aromatic carbocycles. The van der Waals surface area contributed by atoms with E-state index >= 15 is 0 Å². The molecule has 2 aromatic rings. The molecule has 0 saturated heterocycles. The Kier molecular flexibility index (Phi) is 5.44. The van der Waals surface area contributed by atoms with Gasteiger partial charge in [-0.2, -0.15) is 0 Å². The van der Waals surface area contributed by atoms with E-state index in [-0.39, 0.29) is 18.0 Å². The maximum absolute atomic E-state index is 13.3. The molecular weight excluding hydrogens is 267 g/mol. The van der Waals surface area contributed by atoms with Crippen LogP contribution >= 0.6 is 0 Å². The molecular formula is C17H21FN2O. The fourth-order valence-electron chi connectivity index (χ4n) is 2.54. The first-order valence-electron chi connectivity index (χ1n) is 7.06. The fraction of sp³-hybridized carbons (Fsp3) is 0.294. The van der Waals surface area contributed by atoms with Gasteiger partial charge in [0.1, 0.15) is 11.9 Å². The summed E-state index contributed by atoms with van der Waals surface area (Å²) in [5.74, 6) is 5.51. The summed E-state index contributed by atoms with van der Waals surface area (Å²) in [5.41, 5.74) is 5.63. The molecule has 2 rings (SSSR count). The highest BCUT2D eigenvalue weighted by Crippen LogP contribution is 2.33. The summed E-state index contributed by atoms with van der Waals surface area (Å²) >= 11 is 0. The molecule has 112 valence electrons. The van der Waals surface area contributed by atoms with Crippen LogP contribution in [0, 0.1) is 12.7 Å². The number of rotatable bonds is 6. The van der Waals surface area contributed by atoms with E-state index in [0.29, 0.717) is 6.61 Å². The van der Waals surface area contributed by atoms with Crippen molar-refractivity contribution in [3.63, 3.8) is 0 Å². The fourth-order valence-corrected chi connectivity index (χ4v) is 2.54. The summed E-state index contributed by atoms with van der Waals surface area (Å²) in [4.78, 5) is 0. The van der Waals surface area contributed by atoms with E-state index in [1.807, 2.05) is 44.2 Å². The van der Waals surface area contributed by atoms with Gasteiger partial charge in [-0.25, -0.2) is 9.82 Å². The van der Waals surface area contributed by atoms with Gasteiger partial charge in [0.25, 0.3) is 0 Å². The number of nitrogens with two attached hydrogens (primary N) is 1. The zero-order valence-electron chi connectivity index (χ0n) is 12.3. The second-order valence-corrected chi connectivity index (χ2v) is 4.93. The molecule has 2 unspecified atom stereocenters. The maximum atomic E-state index is 13.3. The van der Waals surface area contributed by atoms with Crippen LogP contribution in [0.1, 0.15) is 35.8 Å². The molecule has 0 spiro atoms. The molecule has 4 heteroatoms. The van der Waals surface area contributed by atoms with Crippen molar-refractivity contribution in [3.8, 4) is 0 Å². The Morgan fingerprint density at radius 2 is 1.90 bits per heavy atom. The molecule has 3 N–H and O–H groups in total. The summed E-state index contributed by atoms with van der Waals surface area (Å²) in [5, 5.41) is 0. The third kappa shape index (κ3) is 3.67. The number of nitrogens with one attached hydrogen (secondary N) is 1. The number of hydrogen-bond acceptors (Lipinski definition) is 3. The van der Waals surface area contributed by atoms with Gasteiger partial charge in [-0.1, -0.05) is 36.4 Å². The second-order valence-electron chi connectivity index (χ2n) is 4.93. The molecule has 0 aliphatic carbocycles. The predicted octanol–water partition coefficient (Wildman–Crippen LogP) is 3.42. The number of hydrazine groups is 1. The molecule has 0 amide bonds. The molecule has 0 radical (unpaired) electrons. The Morgan fingerprint density at radius 1 is 1.19 bits per heavy atom. The van der Waals surface area contributed by atoms with Crippen molar-refractivity contribution in [2.75, 3.05) is 6.61 Å². The number of benzene rings is 2. The van der Waals surface area contributed by atoms with Crippen molar-refractivity contribution < 1.29 is 9.13 Å². The van der Waals surface area contributed by atoms with Gasteiger partial charge >= 0.3 is 0 Å². The average molecular weight is 288 g/mol. The minimum atomic E-state index is -0.250. The summed E-state index contributed by atoms with van der Waals surface area (Å²) in [7, 11) is 0. The minimum Gasteiger partial charge on any atom is -0.372 e. The van der Waals surface area contributed by atoms with Crippen molar-refractivity contribution >= 4 is 0 Å². The van der Waals surface area contributed by atoms with Crippen molar-refractivity contribution in [2.45, 2.75) is 26.0 Å². The standard InChI is InChI=1S/C17H21FN2O/c1-3-21-17(13-7-5-4-6-8-13)16(20-19)15-10-9-14(18)11-12(15)2/h4-11,16-17,20H,3,19H2,1-2H3. The smallest absolute Gasteiger partial charge is 0.123 e. The van der Waals surface area contributed by atoms with E-state index in [0.717, 1.165) is 16.7 Å². The van der Waals surface area contributed by atoms with Gasteiger partial charge in [0.15, 0.2) is 0 Å². The van der Waals surface area contributed by atoms with Gasteiger partial charge in [0.2, 0.25) is 0 Å². The van der Waals surface area contributed by atoms with Gasteiger partial charge in [-0.15, -0.1) is 0 Å². The molecule has 0 aliphatic heterocycles. The van der Waals surface area contributed by atoms with Crippen molar-refractivity contribution in [1.82, 2.24) is 5.43 Å². The Hall–Kier alpha value is -1.75. The Bertz CT molecular complexity index is 574. The molecule has 0 bridgehead atoms. The number of halogens is 1. The van der Waals surface area contributed by atoms with Gasteiger partial charge in [0.05, 0.1) is 6.04 Å². The van der Waals surface area contributed by atoms with Crippen molar-refractivity contribution in [2.24, 2.45) is 5.84 Å². The summed E-state index contributed by atoms with van der Waals surface area (Å²) in [6, 6.07) is 14.4. The maximum Gasteiger partial charge on any atom is 0.123 e. The molecule has 0 heterocycles. The van der Waals surface area contributed by atoms with Gasteiger partial charge < -0.3 is 4.74 Å². The van der Waals surface area contributed by atoms with Crippen LogP contribution in [0.15, 0.2) is 48.5 Å². The monoisotopic (exact) mass is 288 g/mol. The first-order chi connectivity index (χ1) is 10.2. The van der Waals surface area contributed by atoms with Crippen LogP contribution in [0.4, 0.5) is 4.39 Å². The molecule has 0 fully saturated rings. The molecule has 0 aliphatic rings. The zero-order chi connectivity index (χ0) is 15.2. The van der Waals surface area contributed by atoms with E-state index in [9.17, 15) is 4.39 Å². The summed E-state index contributed by atoms with van der Waals surface area (Å²) < 4.78 is 19.2. The Labute approximate surface area is 124 Å². The van der Waals surface area contributed by atoms with E-state index < -0.39 is 0 Å². The highest BCUT2D eigenvalue weighted by Gasteiger charge is 2.25.